The van der Waals surface area contributed by atoms with Crippen LogP contribution in [0.25, 0.3) is 17.0 Å². The highest BCUT2D eigenvalue weighted by Crippen LogP contribution is 2.32. The van der Waals surface area contributed by atoms with E-state index < -0.39 is 10.0 Å². The van der Waals surface area contributed by atoms with Crippen LogP contribution in [0.4, 0.5) is 0 Å². The molecule has 6 heteroatoms. The maximum atomic E-state index is 11.3. The van der Waals surface area contributed by atoms with Gasteiger partial charge in [0.05, 0.1) is 10.4 Å². The van der Waals surface area contributed by atoms with E-state index in [1.165, 1.54) is 12.1 Å². The zero-order chi connectivity index (χ0) is 12.8. The first-order valence-electron chi connectivity index (χ1n) is 5.30. The lowest BCUT2D eigenvalue weighted by molar-refractivity contribution is 0.362. The topological polar surface area (TPSA) is 82.3 Å². The third-order valence-corrected chi connectivity index (χ3v) is 3.68. The lowest BCUT2D eigenvalue weighted by Gasteiger charge is -2.14. The second kappa shape index (κ2) is 3.79. The third-order valence-electron chi connectivity index (χ3n) is 2.77. The van der Waals surface area contributed by atoms with Crippen LogP contribution in [0, 0.1) is 0 Å². The van der Waals surface area contributed by atoms with Gasteiger partial charge in [-0.2, -0.15) is 0 Å². The highest BCUT2D eigenvalue weighted by molar-refractivity contribution is 7.89. The molecule has 0 aliphatic carbocycles. The predicted octanol–water partition coefficient (Wildman–Crippen LogP) is 1.29. The minimum absolute atomic E-state index is 0.0587. The van der Waals surface area contributed by atoms with Gasteiger partial charge in [0.25, 0.3) is 0 Å². The van der Waals surface area contributed by atoms with Crippen LogP contribution < -0.4 is 9.88 Å². The van der Waals surface area contributed by atoms with E-state index in [4.69, 9.17) is 9.88 Å². The fourth-order valence-corrected chi connectivity index (χ4v) is 2.47. The van der Waals surface area contributed by atoms with Gasteiger partial charge in [-0.1, -0.05) is 6.08 Å². The van der Waals surface area contributed by atoms with Crippen LogP contribution in [0.15, 0.2) is 35.4 Å². The number of hydrogen-bond acceptors (Lipinski definition) is 4. The molecule has 0 unspecified atom stereocenters. The molecular formula is C12H10N2O3S. The maximum absolute atomic E-state index is 11.3. The summed E-state index contributed by atoms with van der Waals surface area (Å²) in [5, 5.41) is 5.78. The monoisotopic (exact) mass is 262 g/mol. The fourth-order valence-electron chi connectivity index (χ4n) is 1.93. The molecule has 1 aromatic carbocycles. The zero-order valence-corrected chi connectivity index (χ0v) is 10.1. The Bertz CT molecular complexity index is 766. The van der Waals surface area contributed by atoms with Crippen molar-refractivity contribution in [3.8, 4) is 5.75 Å². The van der Waals surface area contributed by atoms with E-state index in [0.29, 0.717) is 23.3 Å². The Hall–Kier alpha value is -1.92. The number of benzene rings is 1. The van der Waals surface area contributed by atoms with E-state index in [2.05, 4.69) is 4.98 Å². The van der Waals surface area contributed by atoms with Crippen LogP contribution in [-0.2, 0) is 10.0 Å². The molecule has 1 aliphatic heterocycles. The van der Waals surface area contributed by atoms with Crippen LogP contribution in [0.1, 0.15) is 5.56 Å². The van der Waals surface area contributed by atoms with Gasteiger partial charge in [-0.05, 0) is 24.3 Å². The molecule has 0 radical (unpaired) electrons. The molecule has 0 fully saturated rings. The minimum atomic E-state index is -3.72. The molecule has 3 rings (SSSR count). The number of sulfonamides is 1. The zero-order valence-electron chi connectivity index (χ0n) is 9.33. The number of ether oxygens (including phenoxy) is 1. The molecule has 18 heavy (non-hydrogen) atoms. The van der Waals surface area contributed by atoms with Gasteiger partial charge >= 0.3 is 0 Å². The Kier molecular flexibility index (Phi) is 2.36. The first kappa shape index (κ1) is 11.2. The van der Waals surface area contributed by atoms with Crippen molar-refractivity contribution in [3.63, 3.8) is 0 Å². The predicted molar refractivity (Wildman–Crippen MR) is 67.6 cm³/mol. The summed E-state index contributed by atoms with van der Waals surface area (Å²) >= 11 is 0. The molecule has 2 heterocycles. The van der Waals surface area contributed by atoms with E-state index in [-0.39, 0.29) is 4.90 Å². The van der Waals surface area contributed by atoms with Crippen molar-refractivity contribution in [1.82, 2.24) is 4.98 Å². The Morgan fingerprint density at radius 2 is 2.17 bits per heavy atom. The molecule has 0 amide bonds. The Balaban J connectivity index is 2.35. The van der Waals surface area contributed by atoms with Crippen molar-refractivity contribution >= 4 is 27.0 Å². The van der Waals surface area contributed by atoms with Gasteiger partial charge in [-0.3, -0.25) is 4.98 Å². The van der Waals surface area contributed by atoms with Gasteiger partial charge in [-0.25, -0.2) is 13.6 Å². The summed E-state index contributed by atoms with van der Waals surface area (Å²) in [4.78, 5) is 4.31. The van der Waals surface area contributed by atoms with E-state index in [1.807, 2.05) is 12.2 Å². The number of pyridine rings is 1. The lowest BCUT2D eigenvalue weighted by Crippen LogP contribution is -2.12. The highest BCUT2D eigenvalue weighted by atomic mass is 32.2. The Labute approximate surface area is 104 Å². The summed E-state index contributed by atoms with van der Waals surface area (Å²) in [5.74, 6) is 0.646. The molecule has 92 valence electrons. The van der Waals surface area contributed by atoms with Crippen molar-refractivity contribution in [3.05, 3.63) is 36.0 Å². The van der Waals surface area contributed by atoms with Gasteiger partial charge < -0.3 is 4.74 Å². The number of hydrogen-bond donors (Lipinski definition) is 1. The van der Waals surface area contributed by atoms with Gasteiger partial charge in [0, 0.05) is 17.1 Å². The first-order chi connectivity index (χ1) is 8.55. The normalized spacial score (nSPS) is 14.3. The minimum Gasteiger partial charge on any atom is -0.488 e. The molecule has 0 spiro atoms. The van der Waals surface area contributed by atoms with Gasteiger partial charge in [0.15, 0.2) is 0 Å². The summed E-state index contributed by atoms with van der Waals surface area (Å²) < 4.78 is 28.2. The number of rotatable bonds is 1. The van der Waals surface area contributed by atoms with Crippen LogP contribution in [-0.4, -0.2) is 20.0 Å². The SMILES string of the molecule is NS(=O)(=O)c1ccc2ncc3c(c2c1)OCC=C3. The summed E-state index contributed by atoms with van der Waals surface area (Å²) in [6, 6.07) is 4.56. The number of fused-ring (bicyclic) bond motifs is 3. The smallest absolute Gasteiger partial charge is 0.238 e. The van der Waals surface area contributed by atoms with Crippen molar-refractivity contribution in [2.75, 3.05) is 6.61 Å². The first-order valence-corrected chi connectivity index (χ1v) is 6.85. The molecule has 0 saturated heterocycles. The van der Waals surface area contributed by atoms with Crippen molar-refractivity contribution in [2.24, 2.45) is 5.14 Å². The maximum Gasteiger partial charge on any atom is 0.238 e. The third kappa shape index (κ3) is 1.75. The average molecular weight is 262 g/mol. The van der Waals surface area contributed by atoms with Crippen LogP contribution >= 0.6 is 0 Å². The molecule has 5 nitrogen and oxygen atoms in total. The van der Waals surface area contributed by atoms with Crippen LogP contribution in [0.5, 0.6) is 5.75 Å². The Morgan fingerprint density at radius 1 is 1.33 bits per heavy atom. The van der Waals surface area contributed by atoms with Gasteiger partial charge in [0.1, 0.15) is 12.4 Å². The van der Waals surface area contributed by atoms with Crippen molar-refractivity contribution in [1.29, 1.82) is 0 Å². The largest absolute Gasteiger partial charge is 0.488 e. The average Bonchev–Trinajstić information content (AvgIpc) is 2.37. The second-order valence-corrected chi connectivity index (χ2v) is 5.54. The summed E-state index contributed by atoms with van der Waals surface area (Å²) in [6.07, 6.45) is 5.47. The van der Waals surface area contributed by atoms with Crippen LogP contribution in [0.3, 0.4) is 0 Å². The fraction of sp³-hybridized carbons (Fsp3) is 0.0833. The second-order valence-electron chi connectivity index (χ2n) is 3.98. The van der Waals surface area contributed by atoms with E-state index in [1.54, 1.807) is 12.3 Å². The summed E-state index contributed by atoms with van der Waals surface area (Å²) in [6.45, 7) is 0.464. The quantitative estimate of drug-likeness (QED) is 0.839. The molecule has 2 aromatic rings. The number of primary sulfonamides is 1. The molecule has 2 N–H and O–H groups in total. The van der Waals surface area contributed by atoms with Crippen molar-refractivity contribution < 1.29 is 13.2 Å². The molecular weight excluding hydrogens is 252 g/mol. The molecule has 0 atom stereocenters. The van der Waals surface area contributed by atoms with E-state index >= 15 is 0 Å². The lowest BCUT2D eigenvalue weighted by atomic mass is 10.1. The summed E-state index contributed by atoms with van der Waals surface area (Å²) in [7, 11) is -3.72. The van der Waals surface area contributed by atoms with E-state index in [9.17, 15) is 8.42 Å². The molecule has 1 aromatic heterocycles. The van der Waals surface area contributed by atoms with Crippen LogP contribution in [0.2, 0.25) is 0 Å². The van der Waals surface area contributed by atoms with Gasteiger partial charge in [0.2, 0.25) is 10.0 Å². The van der Waals surface area contributed by atoms with Crippen molar-refractivity contribution in [2.45, 2.75) is 4.90 Å². The molecule has 0 bridgehead atoms. The molecule has 1 aliphatic rings. The summed E-state index contributed by atoms with van der Waals surface area (Å²) in [5.41, 5.74) is 1.51. The highest BCUT2D eigenvalue weighted by Gasteiger charge is 2.14. The standard InChI is InChI=1S/C12H10N2O3S/c13-18(15,16)9-3-4-11-10(6-9)12-8(7-14-11)2-1-5-17-12/h1-4,6-7H,5H2,(H2,13,15,16). The number of nitrogens with zero attached hydrogens (tertiary/aromatic N) is 1. The number of nitrogens with two attached hydrogens (primary N) is 1. The Morgan fingerprint density at radius 3 is 2.94 bits per heavy atom. The molecule has 0 saturated carbocycles. The van der Waals surface area contributed by atoms with E-state index in [0.717, 1.165) is 5.56 Å². The number of aromatic nitrogens is 1. The van der Waals surface area contributed by atoms with Gasteiger partial charge in [-0.15, -0.1) is 0 Å².